The highest BCUT2D eigenvalue weighted by Crippen LogP contribution is 2.27. The fraction of sp³-hybridized carbons (Fsp3) is 0.200. The lowest BCUT2D eigenvalue weighted by atomic mass is 10.1. The van der Waals surface area contributed by atoms with E-state index in [-0.39, 0.29) is 18.6 Å². The Balaban J connectivity index is 1.21. The molecule has 1 saturated heterocycles. The summed E-state index contributed by atoms with van der Waals surface area (Å²) < 4.78 is 55.3. The van der Waals surface area contributed by atoms with E-state index in [0.29, 0.717) is 23.2 Å². The summed E-state index contributed by atoms with van der Waals surface area (Å²) in [7, 11) is 0. The summed E-state index contributed by atoms with van der Waals surface area (Å²) in [5, 5.41) is 0. The van der Waals surface area contributed by atoms with Gasteiger partial charge in [0, 0.05) is 24.7 Å². The molecule has 3 aromatic carbocycles. The van der Waals surface area contributed by atoms with Crippen molar-refractivity contribution in [1.29, 1.82) is 0 Å². The van der Waals surface area contributed by atoms with E-state index in [1.165, 1.54) is 12.1 Å². The zero-order valence-electron chi connectivity index (χ0n) is 20.4. The van der Waals surface area contributed by atoms with Crippen LogP contribution in [0.15, 0.2) is 78.9 Å². The van der Waals surface area contributed by atoms with E-state index in [4.69, 9.17) is 14.5 Å². The Labute approximate surface area is 217 Å². The zero-order valence-corrected chi connectivity index (χ0v) is 20.4. The van der Waals surface area contributed by atoms with Crippen molar-refractivity contribution in [3.8, 4) is 17.1 Å². The standard InChI is InChI=1S/C30H24F3N3O2/c31-23-11-9-20(15-25(23)33)18-38-30-7-3-5-26(35-30)22-10-8-19(14-24(22)32)16-29-34-27-4-1-2-6-28(27)36(29)17-21-12-13-37-21/h1-11,14-15,21H,12-13,16-18H2/t21-/m0/s1. The first kappa shape index (κ1) is 24.2. The maximum Gasteiger partial charge on any atom is 0.214 e. The van der Waals surface area contributed by atoms with Crippen molar-refractivity contribution in [2.75, 3.05) is 6.61 Å². The normalized spacial score (nSPS) is 15.0. The predicted octanol–water partition coefficient (Wildman–Crippen LogP) is 6.47. The number of rotatable bonds is 8. The number of ether oxygens (including phenoxy) is 2. The third-order valence-electron chi connectivity index (χ3n) is 6.68. The summed E-state index contributed by atoms with van der Waals surface area (Å²) in [5.41, 5.74) is 3.95. The number of hydrogen-bond donors (Lipinski definition) is 0. The van der Waals surface area contributed by atoms with Crippen LogP contribution in [0.4, 0.5) is 13.2 Å². The average molecular weight is 516 g/mol. The van der Waals surface area contributed by atoms with Gasteiger partial charge in [0.25, 0.3) is 0 Å². The molecule has 1 aliphatic heterocycles. The van der Waals surface area contributed by atoms with Gasteiger partial charge in [0.05, 0.1) is 29.4 Å². The number of fused-ring (bicyclic) bond motifs is 1. The Kier molecular flexibility index (Phi) is 6.55. The number of imidazole rings is 1. The van der Waals surface area contributed by atoms with E-state index < -0.39 is 17.5 Å². The lowest BCUT2D eigenvalue weighted by Gasteiger charge is -2.27. The molecular weight excluding hydrogens is 491 g/mol. The van der Waals surface area contributed by atoms with Crippen LogP contribution in [0.25, 0.3) is 22.3 Å². The SMILES string of the molecule is Fc1ccc(COc2cccc(-c3ccc(Cc4nc5ccccc5n4C[C@@H]4CCO4)cc3F)n2)cc1F. The second-order valence-electron chi connectivity index (χ2n) is 9.30. The quantitative estimate of drug-likeness (QED) is 0.238. The van der Waals surface area contributed by atoms with Crippen molar-refractivity contribution in [2.45, 2.75) is 32.1 Å². The van der Waals surface area contributed by atoms with Gasteiger partial charge in [0.1, 0.15) is 18.2 Å². The molecule has 1 fully saturated rings. The van der Waals surface area contributed by atoms with Gasteiger partial charge in [-0.1, -0.05) is 30.3 Å². The van der Waals surface area contributed by atoms with Crippen molar-refractivity contribution < 1.29 is 22.6 Å². The van der Waals surface area contributed by atoms with Gasteiger partial charge in [0.15, 0.2) is 11.6 Å². The van der Waals surface area contributed by atoms with Crippen LogP contribution in [0, 0.1) is 17.5 Å². The van der Waals surface area contributed by atoms with Gasteiger partial charge in [-0.3, -0.25) is 0 Å². The molecule has 6 rings (SSSR count). The summed E-state index contributed by atoms with van der Waals surface area (Å²) in [4.78, 5) is 9.21. The third-order valence-corrected chi connectivity index (χ3v) is 6.68. The molecule has 5 nitrogen and oxygen atoms in total. The fourth-order valence-electron chi connectivity index (χ4n) is 4.59. The molecular formula is C30H24F3N3O2. The summed E-state index contributed by atoms with van der Waals surface area (Å²) >= 11 is 0. The van der Waals surface area contributed by atoms with E-state index in [2.05, 4.69) is 9.55 Å². The molecule has 192 valence electrons. The number of pyridine rings is 1. The fourth-order valence-corrected chi connectivity index (χ4v) is 4.59. The maximum absolute atomic E-state index is 15.3. The number of hydrogen-bond acceptors (Lipinski definition) is 4. The Morgan fingerprint density at radius 2 is 1.66 bits per heavy atom. The van der Waals surface area contributed by atoms with Crippen LogP contribution in [-0.4, -0.2) is 27.2 Å². The van der Waals surface area contributed by atoms with E-state index >= 15 is 4.39 Å². The van der Waals surface area contributed by atoms with Crippen LogP contribution in [-0.2, 0) is 24.3 Å². The van der Waals surface area contributed by atoms with Gasteiger partial charge in [-0.2, -0.15) is 0 Å². The first-order valence-corrected chi connectivity index (χ1v) is 12.4. The van der Waals surface area contributed by atoms with E-state index in [1.54, 1.807) is 24.3 Å². The smallest absolute Gasteiger partial charge is 0.214 e. The van der Waals surface area contributed by atoms with E-state index in [1.807, 2.05) is 30.3 Å². The van der Waals surface area contributed by atoms with Crippen LogP contribution in [0.2, 0.25) is 0 Å². The number of halogens is 3. The molecule has 0 unspecified atom stereocenters. The maximum atomic E-state index is 15.3. The molecule has 0 aliphatic carbocycles. The van der Waals surface area contributed by atoms with Gasteiger partial charge >= 0.3 is 0 Å². The molecule has 38 heavy (non-hydrogen) atoms. The predicted molar refractivity (Wildman–Crippen MR) is 137 cm³/mol. The van der Waals surface area contributed by atoms with Gasteiger partial charge < -0.3 is 14.0 Å². The molecule has 0 saturated carbocycles. The van der Waals surface area contributed by atoms with Gasteiger partial charge in [-0.25, -0.2) is 23.1 Å². The van der Waals surface area contributed by atoms with Crippen molar-refractivity contribution in [3.63, 3.8) is 0 Å². The van der Waals surface area contributed by atoms with E-state index in [9.17, 15) is 8.78 Å². The van der Waals surface area contributed by atoms with Crippen LogP contribution in [0.5, 0.6) is 5.88 Å². The second kappa shape index (κ2) is 10.3. The monoisotopic (exact) mass is 515 g/mol. The highest BCUT2D eigenvalue weighted by atomic mass is 19.2. The Hall–Kier alpha value is -4.17. The Bertz CT molecular complexity index is 1610. The Morgan fingerprint density at radius 3 is 2.45 bits per heavy atom. The molecule has 1 aliphatic rings. The van der Waals surface area contributed by atoms with E-state index in [0.717, 1.165) is 54.1 Å². The Morgan fingerprint density at radius 1 is 0.842 bits per heavy atom. The first-order valence-electron chi connectivity index (χ1n) is 12.4. The molecule has 0 spiro atoms. The highest BCUT2D eigenvalue weighted by Gasteiger charge is 2.22. The number of benzene rings is 3. The third kappa shape index (κ3) is 4.99. The van der Waals surface area contributed by atoms with Gasteiger partial charge in [-0.15, -0.1) is 0 Å². The minimum absolute atomic E-state index is 0.00196. The second-order valence-corrected chi connectivity index (χ2v) is 9.30. The number of nitrogens with zero attached hydrogens (tertiary/aromatic N) is 3. The van der Waals surface area contributed by atoms with Crippen molar-refractivity contribution in [1.82, 2.24) is 14.5 Å². The van der Waals surface area contributed by atoms with Crippen LogP contribution in [0.1, 0.15) is 23.4 Å². The van der Waals surface area contributed by atoms with Crippen molar-refractivity contribution in [2.24, 2.45) is 0 Å². The van der Waals surface area contributed by atoms with Crippen molar-refractivity contribution >= 4 is 11.0 Å². The molecule has 0 bridgehead atoms. The first-order chi connectivity index (χ1) is 18.5. The zero-order chi connectivity index (χ0) is 26.1. The largest absolute Gasteiger partial charge is 0.473 e. The lowest BCUT2D eigenvalue weighted by molar-refractivity contribution is -0.0589. The molecule has 5 aromatic rings. The summed E-state index contributed by atoms with van der Waals surface area (Å²) in [6, 6.07) is 21.7. The summed E-state index contributed by atoms with van der Waals surface area (Å²) in [5.74, 6) is -1.15. The highest BCUT2D eigenvalue weighted by molar-refractivity contribution is 5.76. The molecule has 1 atom stereocenters. The molecule has 3 heterocycles. The topological polar surface area (TPSA) is 49.2 Å². The summed E-state index contributed by atoms with van der Waals surface area (Å²) in [6.07, 6.45) is 1.67. The van der Waals surface area contributed by atoms with Crippen LogP contribution < -0.4 is 4.74 Å². The molecule has 8 heteroatoms. The molecule has 2 aromatic heterocycles. The molecule has 0 N–H and O–H groups in total. The summed E-state index contributed by atoms with van der Waals surface area (Å²) in [6.45, 7) is 1.50. The number of para-hydroxylation sites is 2. The van der Waals surface area contributed by atoms with Crippen LogP contribution in [0.3, 0.4) is 0 Å². The average Bonchev–Trinajstić information content (AvgIpc) is 3.24. The number of aromatic nitrogens is 3. The molecule has 0 amide bonds. The molecule has 0 radical (unpaired) electrons. The van der Waals surface area contributed by atoms with Gasteiger partial charge in [0.2, 0.25) is 5.88 Å². The van der Waals surface area contributed by atoms with Crippen molar-refractivity contribution in [3.05, 3.63) is 113 Å². The minimum atomic E-state index is -0.943. The lowest BCUT2D eigenvalue weighted by Crippen LogP contribution is -2.31. The van der Waals surface area contributed by atoms with Gasteiger partial charge in [-0.05, 0) is 60.0 Å². The minimum Gasteiger partial charge on any atom is -0.473 e. The van der Waals surface area contributed by atoms with Crippen LogP contribution >= 0.6 is 0 Å².